The summed E-state index contributed by atoms with van der Waals surface area (Å²) in [7, 11) is 0. The lowest BCUT2D eigenvalue weighted by atomic mass is 9.68. The molecule has 0 radical (unpaired) electrons. The van der Waals surface area contributed by atoms with E-state index in [1.54, 1.807) is 39.8 Å². The summed E-state index contributed by atoms with van der Waals surface area (Å²) in [6.45, 7) is 6.74. The Bertz CT molecular complexity index is 2080. The number of alkyl halides is 6. The average Bonchev–Trinajstić information content (AvgIpc) is 3.48. The van der Waals surface area contributed by atoms with Gasteiger partial charge in [0.2, 0.25) is 0 Å². The molecule has 0 spiro atoms. The number of halogens is 6. The summed E-state index contributed by atoms with van der Waals surface area (Å²) in [6, 6.07) is 26.6. The van der Waals surface area contributed by atoms with E-state index in [9.17, 15) is 0 Å². The first-order chi connectivity index (χ1) is 21.2. The van der Waals surface area contributed by atoms with Crippen LogP contribution in [0.3, 0.4) is 0 Å². The number of hydrogen-bond acceptors (Lipinski definition) is 2. The zero-order valence-electron chi connectivity index (χ0n) is 24.7. The van der Waals surface area contributed by atoms with Gasteiger partial charge in [-0.05, 0) is 83.2 Å². The lowest BCUT2D eigenvalue weighted by Crippen LogP contribution is -2.49. The van der Waals surface area contributed by atoms with Crippen LogP contribution in [0.4, 0.5) is 26.3 Å². The molecule has 4 aromatic rings. The number of rotatable bonds is 2. The molecule has 0 aromatic heterocycles. The van der Waals surface area contributed by atoms with Crippen LogP contribution in [0.25, 0.3) is 31.4 Å². The predicted octanol–water partition coefficient (Wildman–Crippen LogP) is 11.7. The maximum atomic E-state index is 16.1. The molecule has 0 bridgehead atoms. The Morgan fingerprint density at radius 1 is 0.511 bits per heavy atom. The second kappa shape index (κ2) is 8.91. The lowest BCUT2D eigenvalue weighted by molar-refractivity contribution is -0.258. The average molecular weight is 649 g/mol. The fraction of sp³-hybridized carbons (Fsp3) is 0.243. The first-order valence-corrected chi connectivity index (χ1v) is 16.2. The minimum absolute atomic E-state index is 0.112. The largest absolute Gasteiger partial charge is 0.380 e. The quantitative estimate of drug-likeness (QED) is 0.157. The molecule has 0 nitrogen and oxygen atoms in total. The molecular formula is C37H26F6S2. The topological polar surface area (TPSA) is 0 Å². The van der Waals surface area contributed by atoms with Crippen molar-refractivity contribution >= 4 is 54.9 Å². The Kier molecular flexibility index (Phi) is 5.76. The summed E-state index contributed by atoms with van der Waals surface area (Å²) in [5.41, 5.74) is -0.483. The molecule has 45 heavy (non-hydrogen) atoms. The van der Waals surface area contributed by atoms with Crippen molar-refractivity contribution in [2.45, 2.75) is 55.0 Å². The van der Waals surface area contributed by atoms with Crippen molar-refractivity contribution < 1.29 is 26.3 Å². The predicted molar refractivity (Wildman–Crippen MR) is 174 cm³/mol. The van der Waals surface area contributed by atoms with Gasteiger partial charge in [-0.3, -0.25) is 0 Å². The van der Waals surface area contributed by atoms with Gasteiger partial charge in [-0.2, -0.15) is 26.3 Å². The van der Waals surface area contributed by atoms with Crippen molar-refractivity contribution in [3.8, 4) is 0 Å². The molecule has 4 aromatic carbocycles. The maximum Gasteiger partial charge on any atom is 0.380 e. The minimum Gasteiger partial charge on any atom is -0.194 e. The monoisotopic (exact) mass is 648 g/mol. The van der Waals surface area contributed by atoms with Crippen molar-refractivity contribution in [3.05, 3.63) is 129 Å². The highest BCUT2D eigenvalue weighted by atomic mass is 32.2. The van der Waals surface area contributed by atoms with E-state index in [1.807, 2.05) is 66.7 Å². The van der Waals surface area contributed by atoms with Crippen LogP contribution in [-0.2, 0) is 0 Å². The van der Waals surface area contributed by atoms with Gasteiger partial charge in [-0.25, -0.2) is 0 Å². The minimum atomic E-state index is -5.60. The normalized spacial score (nSPS) is 28.0. The molecule has 8 rings (SSSR count). The van der Waals surface area contributed by atoms with Gasteiger partial charge >= 0.3 is 17.8 Å². The number of hydrogen-bond donors (Lipinski definition) is 0. The zero-order valence-corrected chi connectivity index (χ0v) is 26.3. The fourth-order valence-corrected chi connectivity index (χ4v) is 11.3. The molecule has 8 heteroatoms. The molecule has 0 unspecified atom stereocenters. The van der Waals surface area contributed by atoms with E-state index in [0.717, 1.165) is 32.7 Å². The second-order valence-corrected chi connectivity index (χ2v) is 15.3. The Labute approximate surface area is 265 Å². The summed E-state index contributed by atoms with van der Waals surface area (Å²) in [4.78, 5) is 1.26. The highest BCUT2D eigenvalue weighted by molar-refractivity contribution is 8.14. The van der Waals surface area contributed by atoms with Gasteiger partial charge in [0.1, 0.15) is 0 Å². The summed E-state index contributed by atoms with van der Waals surface area (Å²) >= 11 is 2.64. The number of thioether (sulfide) groups is 2. The van der Waals surface area contributed by atoms with E-state index >= 15 is 26.3 Å². The maximum absolute atomic E-state index is 16.1. The molecule has 228 valence electrons. The number of fused-ring (bicyclic) bond motifs is 6. The zero-order chi connectivity index (χ0) is 31.9. The van der Waals surface area contributed by atoms with Gasteiger partial charge in [0.05, 0.1) is 9.49 Å². The van der Waals surface area contributed by atoms with Crippen LogP contribution in [-0.4, -0.2) is 27.3 Å². The smallest absolute Gasteiger partial charge is 0.194 e. The molecule has 0 saturated heterocycles. The molecule has 2 atom stereocenters. The van der Waals surface area contributed by atoms with E-state index < -0.39 is 38.4 Å². The van der Waals surface area contributed by atoms with Gasteiger partial charge in [0, 0.05) is 26.5 Å². The molecule has 4 aliphatic rings. The van der Waals surface area contributed by atoms with Crippen LogP contribution >= 0.6 is 23.5 Å². The van der Waals surface area contributed by atoms with Crippen molar-refractivity contribution in [2.24, 2.45) is 0 Å². The van der Waals surface area contributed by atoms with Crippen LogP contribution in [0.2, 0.25) is 0 Å². The van der Waals surface area contributed by atoms with Crippen molar-refractivity contribution in [1.29, 1.82) is 0 Å². The summed E-state index contributed by atoms with van der Waals surface area (Å²) in [5, 5.41) is 3.60. The van der Waals surface area contributed by atoms with Crippen LogP contribution in [0.5, 0.6) is 0 Å². The fourth-order valence-electron chi connectivity index (χ4n) is 7.88. The van der Waals surface area contributed by atoms with Crippen LogP contribution in [0.1, 0.15) is 38.8 Å². The molecule has 2 heterocycles. The van der Waals surface area contributed by atoms with Gasteiger partial charge < -0.3 is 0 Å². The van der Waals surface area contributed by atoms with Crippen LogP contribution in [0, 0.1) is 0 Å². The van der Waals surface area contributed by atoms with E-state index in [2.05, 4.69) is 6.07 Å². The first-order valence-electron chi connectivity index (χ1n) is 14.6. The highest BCUT2D eigenvalue weighted by Gasteiger charge is 2.84. The molecule has 2 aliphatic heterocycles. The third kappa shape index (κ3) is 3.30. The van der Waals surface area contributed by atoms with E-state index in [1.165, 1.54) is 23.5 Å². The Morgan fingerprint density at radius 2 is 0.933 bits per heavy atom. The SMILES string of the molecule is CC1=C(c2ccccc2)S[C@]2(C)C1=C1C(=C3C(C)=C(c4c5ccccc5cc5ccccc45)S[C@]32C)C(F)(F)C(F)(F)C1(F)F. The lowest BCUT2D eigenvalue weighted by Gasteiger charge is -2.48. The molecule has 2 aliphatic carbocycles. The molecule has 1 fully saturated rings. The molecule has 0 N–H and O–H groups in total. The third-order valence-corrected chi connectivity index (χ3v) is 13.7. The van der Waals surface area contributed by atoms with Crippen LogP contribution in [0.15, 0.2) is 118 Å². The first kappa shape index (κ1) is 29.1. The standard InChI is InChI=1S/C37H26F6S2/c1-19-27-29-30(36(40,41)37(42,43)35(29,38)39)28-20(2)32(26-24-16-10-8-14-22(24)18-23-15-9-11-17-25(23)26)45-34(28,4)33(27,3)44-31(19)21-12-6-5-7-13-21/h5-18H,1-4H3/t33-,34-/m1/s1. The summed E-state index contributed by atoms with van der Waals surface area (Å²) < 4.78 is 92.7. The third-order valence-electron chi connectivity index (χ3n) is 10.1. The van der Waals surface area contributed by atoms with Gasteiger partial charge in [0.25, 0.3) is 0 Å². The Balaban J connectivity index is 1.51. The summed E-state index contributed by atoms with van der Waals surface area (Å²) in [5.74, 6) is -15.8. The van der Waals surface area contributed by atoms with Crippen LogP contribution < -0.4 is 0 Å². The molecular weight excluding hydrogens is 623 g/mol. The summed E-state index contributed by atoms with van der Waals surface area (Å²) in [6.07, 6.45) is 0. The van der Waals surface area contributed by atoms with Gasteiger partial charge in [0.15, 0.2) is 0 Å². The number of allylic oxidation sites excluding steroid dienone is 4. The number of benzene rings is 4. The van der Waals surface area contributed by atoms with E-state index in [-0.39, 0.29) is 11.1 Å². The molecule has 1 saturated carbocycles. The van der Waals surface area contributed by atoms with Crippen molar-refractivity contribution in [1.82, 2.24) is 0 Å². The Hall–Kier alpha value is -3.36. The van der Waals surface area contributed by atoms with Gasteiger partial charge in [-0.1, -0.05) is 78.9 Å². The van der Waals surface area contributed by atoms with Crippen molar-refractivity contribution in [3.63, 3.8) is 0 Å². The Morgan fingerprint density at radius 3 is 1.44 bits per heavy atom. The molecule has 0 amide bonds. The van der Waals surface area contributed by atoms with E-state index in [0.29, 0.717) is 21.0 Å². The highest BCUT2D eigenvalue weighted by Crippen LogP contribution is 2.77. The van der Waals surface area contributed by atoms with E-state index in [4.69, 9.17) is 0 Å². The second-order valence-electron chi connectivity index (χ2n) is 12.5. The van der Waals surface area contributed by atoms with Crippen molar-refractivity contribution in [2.75, 3.05) is 0 Å². The van der Waals surface area contributed by atoms with Gasteiger partial charge in [-0.15, -0.1) is 23.5 Å².